The van der Waals surface area contributed by atoms with Crippen LogP contribution >= 0.6 is 0 Å². The number of hydrogen-bond acceptors (Lipinski definition) is 3. The molecule has 0 fully saturated rings. The van der Waals surface area contributed by atoms with Crippen LogP contribution < -0.4 is 10.6 Å². The fraction of sp³-hybridized carbons (Fsp3) is 0.263. The molecule has 0 aliphatic carbocycles. The zero-order chi connectivity index (χ0) is 17.5. The lowest BCUT2D eigenvalue weighted by Gasteiger charge is -2.16. The van der Waals surface area contributed by atoms with Gasteiger partial charge in [0.15, 0.2) is 0 Å². The van der Waals surface area contributed by atoms with E-state index in [-0.39, 0.29) is 12.5 Å². The standard InChI is InChI=1S/C19H22N2O3/c1-13-8-7-11-17(14(13)2)21-18(22)15(3)20-19(23)24-12-16-9-5-4-6-10-16/h4-11,15H,12H2,1-3H3,(H,20,23)(H,21,22)/t15-/m1/s1. The predicted molar refractivity (Wildman–Crippen MR) is 93.8 cm³/mol. The Kier molecular flexibility index (Phi) is 5.95. The lowest BCUT2D eigenvalue weighted by atomic mass is 10.1. The highest BCUT2D eigenvalue weighted by Gasteiger charge is 2.17. The summed E-state index contributed by atoms with van der Waals surface area (Å²) in [5.74, 6) is -0.291. The smallest absolute Gasteiger partial charge is 0.408 e. The van der Waals surface area contributed by atoms with Gasteiger partial charge in [0, 0.05) is 5.69 Å². The maximum Gasteiger partial charge on any atom is 0.408 e. The first kappa shape index (κ1) is 17.5. The second kappa shape index (κ2) is 8.15. The summed E-state index contributed by atoms with van der Waals surface area (Å²) in [5, 5.41) is 5.35. The van der Waals surface area contributed by atoms with E-state index in [0.29, 0.717) is 0 Å². The Balaban J connectivity index is 1.84. The summed E-state index contributed by atoms with van der Waals surface area (Å²) < 4.78 is 5.11. The summed E-state index contributed by atoms with van der Waals surface area (Å²) in [4.78, 5) is 24.0. The summed E-state index contributed by atoms with van der Waals surface area (Å²) in [6, 6.07) is 14.4. The highest BCUT2D eigenvalue weighted by Crippen LogP contribution is 2.18. The topological polar surface area (TPSA) is 67.4 Å². The van der Waals surface area contributed by atoms with E-state index in [0.717, 1.165) is 22.4 Å². The average Bonchev–Trinajstić information content (AvgIpc) is 2.58. The molecule has 0 saturated heterocycles. The van der Waals surface area contributed by atoms with Gasteiger partial charge in [0.05, 0.1) is 0 Å². The average molecular weight is 326 g/mol. The second-order valence-corrected chi connectivity index (χ2v) is 5.66. The monoisotopic (exact) mass is 326 g/mol. The van der Waals surface area contributed by atoms with Crippen molar-refractivity contribution in [1.82, 2.24) is 5.32 Å². The number of rotatable bonds is 5. The maximum atomic E-state index is 12.2. The molecule has 0 aromatic heterocycles. The van der Waals surface area contributed by atoms with Crippen molar-refractivity contribution < 1.29 is 14.3 Å². The Morgan fingerprint density at radius 1 is 1.04 bits per heavy atom. The molecule has 2 amide bonds. The molecule has 0 spiro atoms. The molecule has 0 unspecified atom stereocenters. The van der Waals surface area contributed by atoms with Crippen LogP contribution in [0.4, 0.5) is 10.5 Å². The summed E-state index contributed by atoms with van der Waals surface area (Å²) in [6.45, 7) is 5.70. The van der Waals surface area contributed by atoms with Crippen LogP contribution in [0.2, 0.25) is 0 Å². The van der Waals surface area contributed by atoms with Crippen LogP contribution in [0.15, 0.2) is 48.5 Å². The van der Waals surface area contributed by atoms with Crippen molar-refractivity contribution in [2.24, 2.45) is 0 Å². The molecule has 24 heavy (non-hydrogen) atoms. The molecule has 2 N–H and O–H groups in total. The van der Waals surface area contributed by atoms with Gasteiger partial charge in [-0.3, -0.25) is 4.79 Å². The zero-order valence-corrected chi connectivity index (χ0v) is 14.1. The van der Waals surface area contributed by atoms with E-state index in [4.69, 9.17) is 4.74 Å². The summed E-state index contributed by atoms with van der Waals surface area (Å²) in [7, 11) is 0. The molecular formula is C19H22N2O3. The van der Waals surface area contributed by atoms with Crippen LogP contribution in [0, 0.1) is 13.8 Å². The minimum atomic E-state index is -0.701. The molecule has 1 atom stereocenters. The number of benzene rings is 2. The number of hydrogen-bond donors (Lipinski definition) is 2. The van der Waals surface area contributed by atoms with Crippen LogP contribution in [0.1, 0.15) is 23.6 Å². The largest absolute Gasteiger partial charge is 0.445 e. The van der Waals surface area contributed by atoms with Gasteiger partial charge >= 0.3 is 6.09 Å². The van der Waals surface area contributed by atoms with Crippen LogP contribution in [0.3, 0.4) is 0 Å². The molecular weight excluding hydrogens is 304 g/mol. The Labute approximate surface area is 142 Å². The Bertz CT molecular complexity index is 714. The highest BCUT2D eigenvalue weighted by molar-refractivity contribution is 5.96. The van der Waals surface area contributed by atoms with Crippen LogP contribution in [-0.2, 0) is 16.1 Å². The molecule has 2 rings (SSSR count). The van der Waals surface area contributed by atoms with Gasteiger partial charge in [0.2, 0.25) is 5.91 Å². The fourth-order valence-electron chi connectivity index (χ4n) is 2.13. The van der Waals surface area contributed by atoms with Gasteiger partial charge in [-0.15, -0.1) is 0 Å². The zero-order valence-electron chi connectivity index (χ0n) is 14.1. The number of nitrogens with one attached hydrogen (secondary N) is 2. The van der Waals surface area contributed by atoms with E-state index in [1.165, 1.54) is 0 Å². The van der Waals surface area contributed by atoms with Gasteiger partial charge in [-0.2, -0.15) is 0 Å². The van der Waals surface area contributed by atoms with E-state index < -0.39 is 12.1 Å². The van der Waals surface area contributed by atoms with Gasteiger partial charge in [-0.05, 0) is 43.5 Å². The molecule has 0 aliphatic heterocycles. The van der Waals surface area contributed by atoms with Gasteiger partial charge in [0.1, 0.15) is 12.6 Å². The number of carbonyl (C=O) groups excluding carboxylic acids is 2. The highest BCUT2D eigenvalue weighted by atomic mass is 16.5. The minimum Gasteiger partial charge on any atom is -0.445 e. The number of carbonyl (C=O) groups is 2. The third-order valence-electron chi connectivity index (χ3n) is 3.80. The number of amides is 2. The third kappa shape index (κ3) is 4.84. The normalized spacial score (nSPS) is 11.5. The van der Waals surface area contributed by atoms with Gasteiger partial charge in [-0.25, -0.2) is 4.79 Å². The molecule has 0 aliphatic rings. The third-order valence-corrected chi connectivity index (χ3v) is 3.80. The molecule has 5 heteroatoms. The Morgan fingerprint density at radius 3 is 2.46 bits per heavy atom. The second-order valence-electron chi connectivity index (χ2n) is 5.66. The van der Waals surface area contributed by atoms with E-state index >= 15 is 0 Å². The molecule has 5 nitrogen and oxygen atoms in total. The SMILES string of the molecule is Cc1cccc(NC(=O)[C@@H](C)NC(=O)OCc2ccccc2)c1C. The molecule has 0 bridgehead atoms. The van der Waals surface area contributed by atoms with Crippen molar-refractivity contribution in [3.05, 3.63) is 65.2 Å². The quantitative estimate of drug-likeness (QED) is 0.883. The van der Waals surface area contributed by atoms with Gasteiger partial charge < -0.3 is 15.4 Å². The molecule has 0 saturated carbocycles. The summed E-state index contributed by atoms with van der Waals surface area (Å²) in [5.41, 5.74) is 3.73. The minimum absolute atomic E-state index is 0.165. The van der Waals surface area contributed by atoms with Crippen LogP contribution in [-0.4, -0.2) is 18.0 Å². The van der Waals surface area contributed by atoms with Crippen LogP contribution in [0.25, 0.3) is 0 Å². The summed E-state index contributed by atoms with van der Waals surface area (Å²) >= 11 is 0. The van der Waals surface area contributed by atoms with Gasteiger partial charge in [0.25, 0.3) is 0 Å². The number of aryl methyl sites for hydroxylation is 1. The Morgan fingerprint density at radius 2 is 1.75 bits per heavy atom. The van der Waals surface area contributed by atoms with E-state index in [1.807, 2.05) is 62.4 Å². The van der Waals surface area contributed by atoms with E-state index in [1.54, 1.807) is 6.92 Å². The first-order chi connectivity index (χ1) is 11.5. The molecule has 0 radical (unpaired) electrons. The molecule has 0 heterocycles. The van der Waals surface area contributed by atoms with Crippen molar-refractivity contribution in [3.8, 4) is 0 Å². The van der Waals surface area contributed by atoms with E-state index in [9.17, 15) is 9.59 Å². The van der Waals surface area contributed by atoms with Crippen LogP contribution in [0.5, 0.6) is 0 Å². The predicted octanol–water partition coefficient (Wildman–Crippen LogP) is 3.56. The molecule has 2 aromatic carbocycles. The molecule has 2 aromatic rings. The fourth-order valence-corrected chi connectivity index (χ4v) is 2.13. The Hall–Kier alpha value is -2.82. The first-order valence-electron chi connectivity index (χ1n) is 7.81. The van der Waals surface area contributed by atoms with Crippen molar-refractivity contribution in [1.29, 1.82) is 0 Å². The lowest BCUT2D eigenvalue weighted by molar-refractivity contribution is -0.117. The first-order valence-corrected chi connectivity index (χ1v) is 7.81. The van der Waals surface area contributed by atoms with Crippen molar-refractivity contribution >= 4 is 17.7 Å². The lowest BCUT2D eigenvalue weighted by Crippen LogP contribution is -2.41. The van der Waals surface area contributed by atoms with Crippen molar-refractivity contribution in [2.75, 3.05) is 5.32 Å². The molecule has 126 valence electrons. The van der Waals surface area contributed by atoms with E-state index in [2.05, 4.69) is 10.6 Å². The summed E-state index contributed by atoms with van der Waals surface area (Å²) in [6.07, 6.45) is -0.623. The van der Waals surface area contributed by atoms with Crippen molar-refractivity contribution in [3.63, 3.8) is 0 Å². The maximum absolute atomic E-state index is 12.2. The van der Waals surface area contributed by atoms with Gasteiger partial charge in [-0.1, -0.05) is 42.5 Å². The van der Waals surface area contributed by atoms with Crippen molar-refractivity contribution in [2.45, 2.75) is 33.4 Å². The number of anilines is 1. The number of ether oxygens (including phenoxy) is 1. The number of alkyl carbamates (subject to hydrolysis) is 1.